The van der Waals surface area contributed by atoms with Crippen LogP contribution in [0.2, 0.25) is 0 Å². The minimum atomic E-state index is -4.08. The second kappa shape index (κ2) is 10.9. The average molecular weight is 545 g/mol. The van der Waals surface area contributed by atoms with Crippen LogP contribution in [0.25, 0.3) is 22.9 Å². The van der Waals surface area contributed by atoms with Crippen molar-refractivity contribution in [3.63, 3.8) is 0 Å². The van der Waals surface area contributed by atoms with Crippen LogP contribution in [-0.4, -0.2) is 24.4 Å². The van der Waals surface area contributed by atoms with Gasteiger partial charge in [-0.3, -0.25) is 4.72 Å². The van der Waals surface area contributed by atoms with Gasteiger partial charge in [0.1, 0.15) is 22.4 Å². The zero-order valence-corrected chi connectivity index (χ0v) is 22.2. The fourth-order valence-electron chi connectivity index (χ4n) is 3.65. The van der Waals surface area contributed by atoms with E-state index in [0.29, 0.717) is 21.4 Å². The number of nitrogens with one attached hydrogen (secondary N) is 1. The second-order valence-electron chi connectivity index (χ2n) is 7.44. The number of thiazole rings is 1. The van der Waals surface area contributed by atoms with Gasteiger partial charge in [-0.1, -0.05) is 60.8 Å². The molecule has 10 heteroatoms. The first-order chi connectivity index (χ1) is 16.9. The summed E-state index contributed by atoms with van der Waals surface area (Å²) in [5, 5.41) is 13.1. The molecule has 0 unspecified atom stereocenters. The van der Waals surface area contributed by atoms with Gasteiger partial charge in [-0.15, -0.1) is 24.0 Å². The number of thiol groups is 1. The monoisotopic (exact) mass is 544 g/mol. The van der Waals surface area contributed by atoms with Crippen molar-refractivity contribution in [3.05, 3.63) is 75.7 Å². The molecule has 35 heavy (non-hydrogen) atoms. The van der Waals surface area contributed by atoms with Gasteiger partial charge in [0.05, 0.1) is 20.5 Å². The van der Waals surface area contributed by atoms with Gasteiger partial charge in [-0.2, -0.15) is 0 Å². The molecule has 2 aromatic carbocycles. The molecule has 182 valence electrons. The quantitative estimate of drug-likeness (QED) is 0.114. The molecule has 0 saturated carbocycles. The standard InChI is InChI=1S/C25H24N2O4S4/c1-3-9-20(31-15-32)23(4-2)35(29,30)27-19-14-22(24(28)17-11-6-5-10-16(17)19)34-25-26-18-12-7-8-13-21(18)33-25/h3-6,9-14,27-28,32H,2,7-8,15H2,1H3/b9-3-,23-20-. The van der Waals surface area contributed by atoms with Gasteiger partial charge in [-0.05, 0) is 38.0 Å². The zero-order chi connectivity index (χ0) is 25.0. The van der Waals surface area contributed by atoms with Crippen LogP contribution in [-0.2, 0) is 14.8 Å². The molecule has 0 aliphatic heterocycles. The van der Waals surface area contributed by atoms with Crippen molar-refractivity contribution in [3.8, 4) is 5.75 Å². The molecule has 4 rings (SSSR count). The number of aromatic hydroxyl groups is 1. The van der Waals surface area contributed by atoms with Crippen molar-refractivity contribution in [2.24, 2.45) is 0 Å². The third kappa shape index (κ3) is 5.45. The molecule has 6 nitrogen and oxygen atoms in total. The summed E-state index contributed by atoms with van der Waals surface area (Å²) < 4.78 is 36.7. The highest BCUT2D eigenvalue weighted by Crippen LogP contribution is 2.43. The Morgan fingerprint density at radius 3 is 2.74 bits per heavy atom. The number of allylic oxidation sites excluding steroid dienone is 3. The van der Waals surface area contributed by atoms with E-state index in [1.54, 1.807) is 60.7 Å². The summed E-state index contributed by atoms with van der Waals surface area (Å²) in [5.41, 5.74) is 0.324. The van der Waals surface area contributed by atoms with Crippen LogP contribution in [0.5, 0.6) is 5.75 Å². The van der Waals surface area contributed by atoms with Crippen LogP contribution in [0.1, 0.15) is 19.8 Å². The van der Waals surface area contributed by atoms with Crippen molar-refractivity contribution >= 4 is 74.4 Å². The van der Waals surface area contributed by atoms with Crippen molar-refractivity contribution < 1.29 is 18.3 Å². The Morgan fingerprint density at radius 2 is 2.06 bits per heavy atom. The molecular formula is C25H24N2O4S4. The fraction of sp³-hybridized carbons (Fsp3) is 0.160. The summed E-state index contributed by atoms with van der Waals surface area (Å²) in [7, 11) is -4.08. The molecule has 0 amide bonds. The highest BCUT2D eigenvalue weighted by molar-refractivity contribution is 8.01. The highest BCUT2D eigenvalue weighted by atomic mass is 32.2. The largest absolute Gasteiger partial charge is 0.506 e. The number of benzene rings is 2. The number of rotatable bonds is 9. The molecule has 0 saturated heterocycles. The maximum Gasteiger partial charge on any atom is 0.265 e. The number of sulfonamides is 1. The van der Waals surface area contributed by atoms with Crippen LogP contribution in [0.3, 0.4) is 0 Å². The molecule has 1 aromatic heterocycles. The molecule has 0 spiro atoms. The number of hydrogen-bond acceptors (Lipinski definition) is 8. The smallest absolute Gasteiger partial charge is 0.265 e. The van der Waals surface area contributed by atoms with Crippen molar-refractivity contribution in [1.82, 2.24) is 4.98 Å². The van der Waals surface area contributed by atoms with Crippen LogP contribution in [0.15, 0.2) is 75.0 Å². The fourth-order valence-corrected chi connectivity index (χ4v) is 7.16. The van der Waals surface area contributed by atoms with Gasteiger partial charge in [0.2, 0.25) is 0 Å². The summed E-state index contributed by atoms with van der Waals surface area (Å²) >= 11 is 6.90. The summed E-state index contributed by atoms with van der Waals surface area (Å²) in [4.78, 5) is 5.05. The first-order valence-electron chi connectivity index (χ1n) is 10.7. The van der Waals surface area contributed by atoms with E-state index in [9.17, 15) is 13.5 Å². The lowest BCUT2D eigenvalue weighted by molar-refractivity contribution is 0.287. The Labute approximate surface area is 217 Å². The third-order valence-electron chi connectivity index (χ3n) is 5.17. The predicted octanol–water partition coefficient (Wildman–Crippen LogP) is 5.13. The van der Waals surface area contributed by atoms with E-state index in [1.165, 1.54) is 17.8 Å². The van der Waals surface area contributed by atoms with Gasteiger partial charge in [0.25, 0.3) is 10.0 Å². The first-order valence-corrected chi connectivity index (χ1v) is 14.5. The summed E-state index contributed by atoms with van der Waals surface area (Å²) in [5.74, 6) is 0.202. The molecule has 0 fully saturated rings. The van der Waals surface area contributed by atoms with Gasteiger partial charge in [-0.25, -0.2) is 13.4 Å². The molecule has 0 radical (unpaired) electrons. The predicted molar refractivity (Wildman–Crippen MR) is 149 cm³/mol. The molecule has 1 heterocycles. The minimum Gasteiger partial charge on any atom is -0.506 e. The van der Waals surface area contributed by atoms with Crippen LogP contribution in [0, 0.1) is 0 Å². The average Bonchev–Trinajstić information content (AvgIpc) is 3.25. The molecule has 0 bridgehead atoms. The lowest BCUT2D eigenvalue weighted by atomic mass is 10.1. The molecular weight excluding hydrogens is 521 g/mol. The topological polar surface area (TPSA) is 88.5 Å². The zero-order valence-electron chi connectivity index (χ0n) is 18.9. The van der Waals surface area contributed by atoms with Crippen molar-refractivity contribution in [2.45, 2.75) is 29.0 Å². The van der Waals surface area contributed by atoms with Crippen LogP contribution >= 0.6 is 35.7 Å². The maximum atomic E-state index is 13.4. The highest BCUT2D eigenvalue weighted by Gasteiger charge is 2.23. The number of fused-ring (bicyclic) bond motifs is 2. The van der Waals surface area contributed by atoms with Gasteiger partial charge in [0, 0.05) is 10.8 Å². The Morgan fingerprint density at radius 1 is 1.31 bits per heavy atom. The maximum absolute atomic E-state index is 13.4. The van der Waals surface area contributed by atoms with Gasteiger partial charge < -0.3 is 9.84 Å². The number of phenols is 1. The number of anilines is 1. The summed E-state index contributed by atoms with van der Waals surface area (Å²) in [6, 6.07) is 8.71. The number of hydrogen-bond donors (Lipinski definition) is 3. The third-order valence-corrected chi connectivity index (χ3v) is 8.90. The van der Waals surface area contributed by atoms with E-state index in [0.717, 1.165) is 27.1 Å². The van der Waals surface area contributed by atoms with E-state index >= 15 is 0 Å². The SMILES string of the molecule is C=C/C(=C(\C=C/C)OCS)S(=O)(=O)Nc1cc(Sc2nc3c(s2)=CCCC=3)c(O)c2ccccc12. The normalized spacial score (nSPS) is 14.1. The molecule has 1 aliphatic rings. The van der Waals surface area contributed by atoms with Gasteiger partial charge >= 0.3 is 0 Å². The molecule has 2 N–H and O–H groups in total. The second-order valence-corrected chi connectivity index (χ2v) is 11.7. The van der Waals surface area contributed by atoms with Crippen LogP contribution < -0.4 is 14.6 Å². The van der Waals surface area contributed by atoms with Crippen molar-refractivity contribution in [2.75, 3.05) is 10.7 Å². The molecule has 1 aliphatic carbocycles. The summed E-state index contributed by atoms with van der Waals surface area (Å²) in [6.45, 7) is 5.42. The van der Waals surface area contributed by atoms with E-state index in [4.69, 9.17) is 4.74 Å². The van der Waals surface area contributed by atoms with Crippen molar-refractivity contribution in [1.29, 1.82) is 0 Å². The summed E-state index contributed by atoms with van der Waals surface area (Å²) in [6.07, 6.45) is 10.7. The Hall–Kier alpha value is -2.66. The number of nitrogens with zero attached hydrogens (tertiary/aromatic N) is 1. The number of aromatic nitrogens is 1. The Kier molecular flexibility index (Phi) is 7.95. The van der Waals surface area contributed by atoms with E-state index in [2.05, 4.69) is 41.1 Å². The lowest BCUT2D eigenvalue weighted by Gasteiger charge is -2.16. The van der Waals surface area contributed by atoms with E-state index in [-0.39, 0.29) is 22.4 Å². The first kappa shape index (κ1) is 25.4. The van der Waals surface area contributed by atoms with E-state index in [1.807, 2.05) is 0 Å². The molecule has 0 atom stereocenters. The Bertz CT molecular complexity index is 1540. The molecule has 3 aromatic rings. The number of ether oxygens (including phenoxy) is 1. The minimum absolute atomic E-state index is 0.00209. The van der Waals surface area contributed by atoms with E-state index < -0.39 is 10.0 Å². The Balaban J connectivity index is 1.82. The lowest BCUT2D eigenvalue weighted by Crippen LogP contribution is -2.22. The number of phenolic OH excluding ortho intramolecular Hbond substituents is 1. The van der Waals surface area contributed by atoms with Gasteiger partial charge in [0.15, 0.2) is 4.34 Å². The van der Waals surface area contributed by atoms with Crippen LogP contribution in [0.4, 0.5) is 5.69 Å².